The van der Waals surface area contributed by atoms with E-state index in [4.69, 9.17) is 16.3 Å². The number of hydrogen-bond acceptors (Lipinski definition) is 5. The first-order chi connectivity index (χ1) is 13.9. The average molecular weight is 416 g/mol. The molecule has 1 fully saturated rings. The second kappa shape index (κ2) is 9.05. The van der Waals surface area contributed by atoms with E-state index in [2.05, 4.69) is 17.2 Å². The van der Waals surface area contributed by atoms with Gasteiger partial charge in [-0.3, -0.25) is 14.4 Å². The standard InChI is InChI=1S/C21H22ClN3O4/c1-3-14-4-7-17(8-5-14)25-12-15(10-19(25)26)21(28)29-13(2)20(27)24-18-9-6-16(22)11-23-18/h4-9,11,13,15H,3,10,12H2,1-2H3,(H,23,24,27)/t13-,15+/m0/s1. The van der Waals surface area contributed by atoms with Crippen LogP contribution in [0, 0.1) is 5.92 Å². The quantitative estimate of drug-likeness (QED) is 0.732. The van der Waals surface area contributed by atoms with E-state index in [1.807, 2.05) is 24.3 Å². The Morgan fingerprint density at radius 2 is 2.00 bits per heavy atom. The maximum absolute atomic E-state index is 12.5. The molecular formula is C21H22ClN3O4. The highest BCUT2D eigenvalue weighted by Gasteiger charge is 2.37. The van der Waals surface area contributed by atoms with Crippen LogP contribution < -0.4 is 10.2 Å². The van der Waals surface area contributed by atoms with Crippen LogP contribution in [0.3, 0.4) is 0 Å². The second-order valence-electron chi connectivity index (χ2n) is 6.86. The highest BCUT2D eigenvalue weighted by molar-refractivity contribution is 6.30. The summed E-state index contributed by atoms with van der Waals surface area (Å²) in [5, 5.41) is 3.00. The van der Waals surface area contributed by atoms with Crippen molar-refractivity contribution in [1.82, 2.24) is 4.98 Å². The number of nitrogens with zero attached hydrogens (tertiary/aromatic N) is 2. The number of amides is 2. The largest absolute Gasteiger partial charge is 0.452 e. The van der Waals surface area contributed by atoms with Crippen molar-refractivity contribution in [2.24, 2.45) is 5.92 Å². The van der Waals surface area contributed by atoms with Crippen molar-refractivity contribution in [3.05, 3.63) is 53.2 Å². The molecule has 2 atom stereocenters. The molecule has 1 saturated heterocycles. The molecule has 0 spiro atoms. The third-order valence-corrected chi connectivity index (χ3v) is 4.98. The number of aromatic nitrogens is 1. The third kappa shape index (κ3) is 5.12. The van der Waals surface area contributed by atoms with E-state index in [1.165, 1.54) is 18.7 Å². The van der Waals surface area contributed by atoms with E-state index < -0.39 is 23.9 Å². The lowest BCUT2D eigenvalue weighted by Crippen LogP contribution is -2.33. The SMILES string of the molecule is CCc1ccc(N2C[C@H](C(=O)O[C@@H](C)C(=O)Nc3ccc(Cl)cn3)CC2=O)cc1. The number of hydrogen-bond donors (Lipinski definition) is 1. The topological polar surface area (TPSA) is 88.6 Å². The molecule has 0 bridgehead atoms. The summed E-state index contributed by atoms with van der Waals surface area (Å²) in [6.45, 7) is 3.76. The predicted molar refractivity (Wildman–Crippen MR) is 110 cm³/mol. The van der Waals surface area contributed by atoms with Gasteiger partial charge in [-0.15, -0.1) is 0 Å². The van der Waals surface area contributed by atoms with Gasteiger partial charge in [0.1, 0.15) is 5.82 Å². The number of carbonyl (C=O) groups is 3. The lowest BCUT2D eigenvalue weighted by atomic mass is 10.1. The first-order valence-corrected chi connectivity index (χ1v) is 9.77. The lowest BCUT2D eigenvalue weighted by Gasteiger charge is -2.18. The molecule has 1 aliphatic heterocycles. The maximum atomic E-state index is 12.5. The first kappa shape index (κ1) is 20.8. The van der Waals surface area contributed by atoms with Crippen LogP contribution in [0.2, 0.25) is 5.02 Å². The summed E-state index contributed by atoms with van der Waals surface area (Å²) < 4.78 is 5.28. The molecule has 29 heavy (non-hydrogen) atoms. The van der Waals surface area contributed by atoms with E-state index >= 15 is 0 Å². The van der Waals surface area contributed by atoms with Gasteiger partial charge in [0.05, 0.1) is 10.9 Å². The third-order valence-electron chi connectivity index (χ3n) is 4.76. The Bertz CT molecular complexity index is 899. The number of anilines is 2. The molecule has 0 saturated carbocycles. The number of ether oxygens (including phenoxy) is 1. The van der Waals surface area contributed by atoms with Gasteiger partial charge in [-0.1, -0.05) is 30.7 Å². The van der Waals surface area contributed by atoms with Crippen molar-refractivity contribution >= 4 is 40.9 Å². The molecule has 1 aliphatic rings. The number of nitrogens with one attached hydrogen (secondary N) is 1. The predicted octanol–water partition coefficient (Wildman–Crippen LogP) is 3.22. The minimum atomic E-state index is -1.02. The summed E-state index contributed by atoms with van der Waals surface area (Å²) in [5.41, 5.74) is 1.92. The molecule has 7 nitrogen and oxygen atoms in total. The molecular weight excluding hydrogens is 394 g/mol. The van der Waals surface area contributed by atoms with E-state index in [0.29, 0.717) is 10.8 Å². The normalized spacial score (nSPS) is 17.1. The minimum absolute atomic E-state index is 0.0570. The molecule has 2 heterocycles. The monoisotopic (exact) mass is 415 g/mol. The van der Waals surface area contributed by atoms with Gasteiger partial charge in [0.2, 0.25) is 5.91 Å². The summed E-state index contributed by atoms with van der Waals surface area (Å²) >= 11 is 5.76. The van der Waals surface area contributed by atoms with Crippen molar-refractivity contribution in [3.8, 4) is 0 Å². The van der Waals surface area contributed by atoms with E-state index in [9.17, 15) is 14.4 Å². The van der Waals surface area contributed by atoms with Crippen LogP contribution in [0.1, 0.15) is 25.8 Å². The molecule has 0 aliphatic carbocycles. The average Bonchev–Trinajstić information content (AvgIpc) is 3.11. The van der Waals surface area contributed by atoms with Gasteiger partial charge in [-0.2, -0.15) is 0 Å². The zero-order valence-corrected chi connectivity index (χ0v) is 17.0. The Balaban J connectivity index is 1.56. The Kier molecular flexibility index (Phi) is 6.49. The maximum Gasteiger partial charge on any atom is 0.312 e. The van der Waals surface area contributed by atoms with Crippen LogP contribution in [0.15, 0.2) is 42.6 Å². The summed E-state index contributed by atoms with van der Waals surface area (Å²) in [7, 11) is 0. The van der Waals surface area contributed by atoms with Crippen molar-refractivity contribution < 1.29 is 19.1 Å². The van der Waals surface area contributed by atoms with Crippen LogP contribution in [-0.4, -0.2) is 35.4 Å². The highest BCUT2D eigenvalue weighted by atomic mass is 35.5. The number of aryl methyl sites for hydroxylation is 1. The minimum Gasteiger partial charge on any atom is -0.452 e. The van der Waals surface area contributed by atoms with Crippen molar-refractivity contribution in [3.63, 3.8) is 0 Å². The fourth-order valence-electron chi connectivity index (χ4n) is 3.03. The van der Waals surface area contributed by atoms with Gasteiger partial charge < -0.3 is 15.0 Å². The Morgan fingerprint density at radius 3 is 2.62 bits per heavy atom. The van der Waals surface area contributed by atoms with E-state index in [1.54, 1.807) is 17.0 Å². The van der Waals surface area contributed by atoms with Crippen LogP contribution in [0.25, 0.3) is 0 Å². The van der Waals surface area contributed by atoms with Crippen molar-refractivity contribution in [2.75, 3.05) is 16.8 Å². The molecule has 152 valence electrons. The van der Waals surface area contributed by atoms with Crippen molar-refractivity contribution in [2.45, 2.75) is 32.8 Å². The molecule has 1 aromatic heterocycles. The van der Waals surface area contributed by atoms with Crippen LogP contribution >= 0.6 is 11.6 Å². The van der Waals surface area contributed by atoms with Crippen LogP contribution in [-0.2, 0) is 25.5 Å². The van der Waals surface area contributed by atoms with Gasteiger partial charge in [0.25, 0.3) is 5.91 Å². The van der Waals surface area contributed by atoms with Gasteiger partial charge in [-0.25, -0.2) is 4.98 Å². The molecule has 8 heteroatoms. The molecule has 2 amide bonds. The van der Waals surface area contributed by atoms with Gasteiger partial charge >= 0.3 is 5.97 Å². The molecule has 0 radical (unpaired) electrons. The number of rotatable bonds is 6. The Hall–Kier alpha value is -2.93. The molecule has 3 rings (SSSR count). The number of esters is 1. The summed E-state index contributed by atoms with van der Waals surface area (Å²) in [6.07, 6.45) is 1.35. The van der Waals surface area contributed by atoms with Gasteiger partial charge in [0.15, 0.2) is 6.10 Å². The Morgan fingerprint density at radius 1 is 1.28 bits per heavy atom. The van der Waals surface area contributed by atoms with E-state index in [-0.39, 0.29) is 18.9 Å². The van der Waals surface area contributed by atoms with E-state index in [0.717, 1.165) is 12.1 Å². The van der Waals surface area contributed by atoms with Gasteiger partial charge in [-0.05, 0) is 43.2 Å². The van der Waals surface area contributed by atoms with Gasteiger partial charge in [0, 0.05) is 24.8 Å². The van der Waals surface area contributed by atoms with Crippen molar-refractivity contribution in [1.29, 1.82) is 0 Å². The van der Waals surface area contributed by atoms with Crippen LogP contribution in [0.4, 0.5) is 11.5 Å². The first-order valence-electron chi connectivity index (χ1n) is 9.39. The number of benzene rings is 1. The second-order valence-corrected chi connectivity index (χ2v) is 7.29. The molecule has 1 aromatic carbocycles. The zero-order chi connectivity index (χ0) is 21.0. The smallest absolute Gasteiger partial charge is 0.312 e. The summed E-state index contributed by atoms with van der Waals surface area (Å²) in [5.74, 6) is -1.53. The van der Waals surface area contributed by atoms with Crippen LogP contribution in [0.5, 0.6) is 0 Å². The number of carbonyl (C=O) groups excluding carboxylic acids is 3. The highest BCUT2D eigenvalue weighted by Crippen LogP contribution is 2.26. The summed E-state index contributed by atoms with van der Waals surface area (Å²) in [6, 6.07) is 10.8. The molecule has 2 aromatic rings. The Labute approximate surface area is 174 Å². The number of halogens is 1. The fraction of sp³-hybridized carbons (Fsp3) is 0.333. The summed E-state index contributed by atoms with van der Waals surface area (Å²) in [4.78, 5) is 42.6. The number of pyridine rings is 1. The zero-order valence-electron chi connectivity index (χ0n) is 16.2. The lowest BCUT2D eigenvalue weighted by molar-refractivity contribution is -0.157. The molecule has 0 unspecified atom stereocenters. The fourth-order valence-corrected chi connectivity index (χ4v) is 3.14. The molecule has 1 N–H and O–H groups in total.